The molecule has 1 N–H and O–H groups in total. The molecular weight excluding hydrogens is 266 g/mol. The van der Waals surface area contributed by atoms with Crippen molar-refractivity contribution < 1.29 is 9.53 Å². The minimum atomic E-state index is 0.241. The zero-order valence-corrected chi connectivity index (χ0v) is 12.4. The quantitative estimate of drug-likeness (QED) is 0.841. The van der Waals surface area contributed by atoms with Crippen LogP contribution < -0.4 is 5.32 Å². The van der Waals surface area contributed by atoms with Crippen LogP contribution in [0.5, 0.6) is 0 Å². The number of carbonyl (C=O) groups excluding carboxylic acids is 1. The molecule has 0 aromatic carbocycles. The van der Waals surface area contributed by atoms with Crippen LogP contribution >= 0.6 is 0 Å². The summed E-state index contributed by atoms with van der Waals surface area (Å²) in [6.07, 6.45) is 7.32. The molecule has 1 aromatic heterocycles. The van der Waals surface area contributed by atoms with Gasteiger partial charge in [0, 0.05) is 50.5 Å². The van der Waals surface area contributed by atoms with Crippen LogP contribution in [0.2, 0.25) is 0 Å². The number of carbonyl (C=O) groups is 1. The molecule has 0 bridgehead atoms. The summed E-state index contributed by atoms with van der Waals surface area (Å²) in [4.78, 5) is 18.2. The smallest absolute Gasteiger partial charge is 0.222 e. The summed E-state index contributed by atoms with van der Waals surface area (Å²) >= 11 is 0. The van der Waals surface area contributed by atoms with Gasteiger partial charge in [-0.1, -0.05) is 0 Å². The van der Waals surface area contributed by atoms with Crippen LogP contribution in [-0.4, -0.2) is 48.6 Å². The second-order valence-electron chi connectivity index (χ2n) is 6.14. The highest BCUT2D eigenvalue weighted by atomic mass is 16.5. The number of nitrogens with one attached hydrogen (secondary N) is 1. The van der Waals surface area contributed by atoms with Gasteiger partial charge >= 0.3 is 0 Å². The Labute approximate surface area is 125 Å². The van der Waals surface area contributed by atoms with Crippen LogP contribution in [0.3, 0.4) is 0 Å². The molecule has 1 aromatic rings. The van der Waals surface area contributed by atoms with Crippen molar-refractivity contribution in [2.75, 3.05) is 38.2 Å². The van der Waals surface area contributed by atoms with Crippen molar-refractivity contribution in [3.63, 3.8) is 0 Å². The third kappa shape index (κ3) is 3.53. The van der Waals surface area contributed by atoms with Crippen molar-refractivity contribution in [1.29, 1.82) is 0 Å². The fourth-order valence-electron chi connectivity index (χ4n) is 3.25. The Kier molecular flexibility index (Phi) is 4.39. The first kappa shape index (κ1) is 14.3. The molecule has 1 spiro atoms. The van der Waals surface area contributed by atoms with Crippen LogP contribution in [0, 0.1) is 5.41 Å². The lowest BCUT2D eigenvalue weighted by molar-refractivity contribution is -0.137. The largest absolute Gasteiger partial charge is 0.384 e. The van der Waals surface area contributed by atoms with Gasteiger partial charge < -0.3 is 15.0 Å². The van der Waals surface area contributed by atoms with Gasteiger partial charge in [0.15, 0.2) is 0 Å². The second-order valence-corrected chi connectivity index (χ2v) is 6.14. The number of hydrogen-bond donors (Lipinski definition) is 1. The topological polar surface area (TPSA) is 54.5 Å². The van der Waals surface area contributed by atoms with E-state index in [1.807, 2.05) is 23.2 Å². The van der Waals surface area contributed by atoms with E-state index in [9.17, 15) is 4.79 Å². The predicted molar refractivity (Wildman–Crippen MR) is 81.0 cm³/mol. The standard InChI is InChI=1S/C16H23N3O2/c20-15-4-5-16(6-10-21-13-16)12-19(15)9-2-8-18-14-3-1-7-17-11-14/h1,3,7,11,18H,2,4-6,8-10,12-13H2/t16-/m1/s1. The fourth-order valence-corrected chi connectivity index (χ4v) is 3.25. The third-order valence-corrected chi connectivity index (χ3v) is 4.53. The van der Waals surface area contributed by atoms with E-state index in [-0.39, 0.29) is 5.41 Å². The number of hydrogen-bond acceptors (Lipinski definition) is 4. The van der Waals surface area contributed by atoms with Crippen LogP contribution in [0.1, 0.15) is 25.7 Å². The van der Waals surface area contributed by atoms with Crippen LogP contribution in [-0.2, 0) is 9.53 Å². The van der Waals surface area contributed by atoms with E-state index >= 15 is 0 Å². The first-order chi connectivity index (χ1) is 10.3. The minimum absolute atomic E-state index is 0.241. The van der Waals surface area contributed by atoms with E-state index in [0.717, 1.165) is 57.8 Å². The molecule has 3 heterocycles. The van der Waals surface area contributed by atoms with Gasteiger partial charge in [-0.3, -0.25) is 9.78 Å². The van der Waals surface area contributed by atoms with Crippen molar-refractivity contribution >= 4 is 11.6 Å². The maximum absolute atomic E-state index is 12.1. The van der Waals surface area contributed by atoms with Crippen molar-refractivity contribution in [1.82, 2.24) is 9.88 Å². The lowest BCUT2D eigenvalue weighted by atomic mass is 9.79. The number of amides is 1. The molecule has 0 radical (unpaired) electrons. The van der Waals surface area contributed by atoms with Crippen LogP contribution in [0.4, 0.5) is 5.69 Å². The highest BCUT2D eigenvalue weighted by Crippen LogP contribution is 2.37. The molecule has 21 heavy (non-hydrogen) atoms. The highest BCUT2D eigenvalue weighted by Gasteiger charge is 2.41. The van der Waals surface area contributed by atoms with E-state index in [1.165, 1.54) is 0 Å². The number of pyridine rings is 1. The Morgan fingerprint density at radius 1 is 1.43 bits per heavy atom. The average Bonchev–Trinajstić information content (AvgIpc) is 2.97. The molecule has 3 rings (SSSR count). The number of nitrogens with zero attached hydrogens (tertiary/aromatic N) is 2. The Hall–Kier alpha value is -1.62. The number of piperidine rings is 1. The van der Waals surface area contributed by atoms with Gasteiger partial charge in [0.25, 0.3) is 0 Å². The first-order valence-corrected chi connectivity index (χ1v) is 7.77. The fraction of sp³-hybridized carbons (Fsp3) is 0.625. The second kappa shape index (κ2) is 6.43. The zero-order valence-electron chi connectivity index (χ0n) is 12.4. The maximum Gasteiger partial charge on any atom is 0.222 e. The molecule has 2 aliphatic heterocycles. The van der Waals surface area contributed by atoms with Crippen LogP contribution in [0.15, 0.2) is 24.5 Å². The van der Waals surface area contributed by atoms with E-state index < -0.39 is 0 Å². The number of ether oxygens (including phenoxy) is 1. The molecule has 2 aliphatic rings. The van der Waals surface area contributed by atoms with Gasteiger partial charge in [-0.05, 0) is 31.4 Å². The molecule has 1 atom stereocenters. The van der Waals surface area contributed by atoms with E-state index in [4.69, 9.17) is 4.74 Å². The normalized spacial score (nSPS) is 25.5. The summed E-state index contributed by atoms with van der Waals surface area (Å²) < 4.78 is 5.55. The number of rotatable bonds is 5. The van der Waals surface area contributed by atoms with E-state index in [2.05, 4.69) is 10.3 Å². The van der Waals surface area contributed by atoms with E-state index in [1.54, 1.807) is 6.20 Å². The molecule has 5 heteroatoms. The number of likely N-dealkylation sites (tertiary alicyclic amines) is 1. The third-order valence-electron chi connectivity index (χ3n) is 4.53. The lowest BCUT2D eigenvalue weighted by Crippen LogP contribution is -2.47. The maximum atomic E-state index is 12.1. The molecule has 5 nitrogen and oxygen atoms in total. The van der Waals surface area contributed by atoms with Gasteiger partial charge in [-0.15, -0.1) is 0 Å². The monoisotopic (exact) mass is 289 g/mol. The molecular formula is C16H23N3O2. The summed E-state index contributed by atoms with van der Waals surface area (Å²) in [7, 11) is 0. The minimum Gasteiger partial charge on any atom is -0.384 e. The average molecular weight is 289 g/mol. The van der Waals surface area contributed by atoms with Crippen molar-refractivity contribution in [2.45, 2.75) is 25.7 Å². The zero-order chi connectivity index (χ0) is 14.5. The number of anilines is 1. The Morgan fingerprint density at radius 2 is 2.38 bits per heavy atom. The first-order valence-electron chi connectivity index (χ1n) is 7.77. The summed E-state index contributed by atoms with van der Waals surface area (Å²) in [5, 5.41) is 3.33. The molecule has 2 fully saturated rings. The molecule has 114 valence electrons. The lowest BCUT2D eigenvalue weighted by Gasteiger charge is -2.39. The molecule has 0 aliphatic carbocycles. The summed E-state index contributed by atoms with van der Waals surface area (Å²) in [6, 6.07) is 3.92. The van der Waals surface area contributed by atoms with Gasteiger partial charge in [0.1, 0.15) is 0 Å². The van der Waals surface area contributed by atoms with Crippen molar-refractivity contribution in [3.05, 3.63) is 24.5 Å². The predicted octanol–water partition coefficient (Wildman–Crippen LogP) is 1.91. The van der Waals surface area contributed by atoms with Crippen LogP contribution in [0.25, 0.3) is 0 Å². The van der Waals surface area contributed by atoms with Gasteiger partial charge in [0.05, 0.1) is 12.3 Å². The van der Waals surface area contributed by atoms with Gasteiger partial charge in [-0.2, -0.15) is 0 Å². The molecule has 0 saturated carbocycles. The summed E-state index contributed by atoms with van der Waals surface area (Å²) in [6.45, 7) is 4.24. The molecule has 2 saturated heterocycles. The van der Waals surface area contributed by atoms with E-state index in [0.29, 0.717) is 12.3 Å². The van der Waals surface area contributed by atoms with Crippen molar-refractivity contribution in [2.24, 2.45) is 5.41 Å². The van der Waals surface area contributed by atoms with Gasteiger partial charge in [-0.25, -0.2) is 0 Å². The van der Waals surface area contributed by atoms with Gasteiger partial charge in [0.2, 0.25) is 5.91 Å². The Bertz CT molecular complexity index is 472. The number of aromatic nitrogens is 1. The Balaban J connectivity index is 1.44. The summed E-state index contributed by atoms with van der Waals surface area (Å²) in [5.74, 6) is 0.300. The molecule has 1 amide bonds. The summed E-state index contributed by atoms with van der Waals surface area (Å²) in [5.41, 5.74) is 1.27. The Morgan fingerprint density at radius 3 is 3.14 bits per heavy atom. The molecule has 0 unspecified atom stereocenters. The van der Waals surface area contributed by atoms with Crippen molar-refractivity contribution in [3.8, 4) is 0 Å². The SMILES string of the molecule is O=C1CC[C@@]2(CCOC2)CN1CCCNc1cccnc1. The highest BCUT2D eigenvalue weighted by molar-refractivity contribution is 5.77.